The minimum absolute atomic E-state index is 0.0470. The first kappa shape index (κ1) is 25.9. The van der Waals surface area contributed by atoms with Crippen molar-refractivity contribution in [2.24, 2.45) is 0 Å². The molecule has 190 valence electrons. The summed E-state index contributed by atoms with van der Waals surface area (Å²) in [6, 6.07) is 11.4. The van der Waals surface area contributed by atoms with Crippen LogP contribution < -0.4 is 10.6 Å². The molecule has 0 fully saturated rings. The maximum atomic E-state index is 11.9. The van der Waals surface area contributed by atoms with Crippen LogP contribution in [-0.4, -0.2) is 55.8 Å². The van der Waals surface area contributed by atoms with E-state index in [4.69, 9.17) is 23.2 Å². The molecule has 37 heavy (non-hydrogen) atoms. The Balaban J connectivity index is 1.48. The third-order valence-corrected chi connectivity index (χ3v) is 6.06. The van der Waals surface area contributed by atoms with Crippen LogP contribution >= 0.6 is 23.2 Å². The molecule has 0 saturated carbocycles. The smallest absolute Gasteiger partial charge is 0.339 e. The highest BCUT2D eigenvalue weighted by Crippen LogP contribution is 2.26. The van der Waals surface area contributed by atoms with E-state index in [1.165, 1.54) is 12.1 Å². The van der Waals surface area contributed by atoms with Gasteiger partial charge in [0, 0.05) is 27.4 Å². The van der Waals surface area contributed by atoms with Crippen LogP contribution in [0.15, 0.2) is 48.5 Å². The van der Waals surface area contributed by atoms with E-state index in [2.05, 4.69) is 20.6 Å². The molecule has 0 unspecified atom stereocenters. The number of hydrogen-bond acceptors (Lipinski definition) is 7. The number of anilines is 2. The van der Waals surface area contributed by atoms with Gasteiger partial charge in [-0.25, -0.2) is 24.4 Å². The molecule has 0 spiro atoms. The van der Waals surface area contributed by atoms with Crippen molar-refractivity contribution in [2.45, 2.75) is 18.9 Å². The first-order valence-electron chi connectivity index (χ1n) is 11.0. The number of fused-ring (bicyclic) bond motifs is 2. The number of carboxylic acids is 3. The Hall–Kier alpha value is -4.15. The Bertz CT molecular complexity index is 1550. The summed E-state index contributed by atoms with van der Waals surface area (Å²) in [4.78, 5) is 44.0. The molecule has 4 aromatic rings. The number of rotatable bonds is 10. The van der Waals surface area contributed by atoms with Gasteiger partial charge in [0.1, 0.15) is 28.8 Å². The summed E-state index contributed by atoms with van der Waals surface area (Å²) in [6.45, 7) is 0.216. The van der Waals surface area contributed by atoms with Gasteiger partial charge in [0.2, 0.25) is 0 Å². The first-order valence-corrected chi connectivity index (χ1v) is 11.8. The Morgan fingerprint density at radius 2 is 1.30 bits per heavy atom. The summed E-state index contributed by atoms with van der Waals surface area (Å²) in [6.07, 6.45) is 0.391. The van der Waals surface area contributed by atoms with E-state index in [1.54, 1.807) is 36.4 Å². The summed E-state index contributed by atoms with van der Waals surface area (Å²) in [7, 11) is 0. The number of pyridine rings is 2. The quantitative estimate of drug-likeness (QED) is 0.167. The Morgan fingerprint density at radius 1 is 0.784 bits per heavy atom. The normalized spacial score (nSPS) is 11.8. The molecule has 2 aromatic carbocycles. The van der Waals surface area contributed by atoms with Crippen molar-refractivity contribution in [2.75, 3.05) is 17.2 Å². The lowest BCUT2D eigenvalue weighted by Crippen LogP contribution is -2.31. The average Bonchev–Trinajstić information content (AvgIpc) is 2.84. The molecule has 0 aliphatic heterocycles. The predicted molar refractivity (Wildman–Crippen MR) is 140 cm³/mol. The molecule has 2 heterocycles. The second-order valence-corrected chi connectivity index (χ2v) is 9.03. The minimum atomic E-state index is -1.27. The third-order valence-electron chi connectivity index (χ3n) is 5.59. The molecule has 12 heteroatoms. The molecule has 0 aliphatic rings. The van der Waals surface area contributed by atoms with E-state index < -0.39 is 23.9 Å². The van der Waals surface area contributed by atoms with Gasteiger partial charge in [0.05, 0.1) is 11.0 Å². The van der Waals surface area contributed by atoms with Crippen LogP contribution in [0.4, 0.5) is 11.6 Å². The van der Waals surface area contributed by atoms with Crippen LogP contribution in [0, 0.1) is 0 Å². The van der Waals surface area contributed by atoms with Crippen LogP contribution in [0.2, 0.25) is 10.0 Å². The Kier molecular flexibility index (Phi) is 7.61. The van der Waals surface area contributed by atoms with E-state index in [1.807, 2.05) is 0 Å². The molecular formula is C25H20Cl2N4O6. The van der Waals surface area contributed by atoms with E-state index in [0.29, 0.717) is 38.3 Å². The van der Waals surface area contributed by atoms with Crippen molar-refractivity contribution in [3.63, 3.8) is 0 Å². The van der Waals surface area contributed by atoms with Gasteiger partial charge in [-0.3, -0.25) is 0 Å². The van der Waals surface area contributed by atoms with E-state index in [-0.39, 0.29) is 35.7 Å². The topological polar surface area (TPSA) is 162 Å². The van der Waals surface area contributed by atoms with Gasteiger partial charge in [0.25, 0.3) is 0 Å². The summed E-state index contributed by atoms with van der Waals surface area (Å²) in [5.74, 6) is -3.57. The Labute approximate surface area is 219 Å². The number of hydrogen-bond donors (Lipinski definition) is 5. The highest BCUT2D eigenvalue weighted by atomic mass is 35.5. The number of aromatic carboxylic acids is 2. The number of nitrogens with one attached hydrogen (secondary N) is 2. The lowest BCUT2D eigenvalue weighted by molar-refractivity contribution is -0.138. The molecule has 0 bridgehead atoms. The van der Waals surface area contributed by atoms with Crippen LogP contribution in [0.5, 0.6) is 0 Å². The number of aliphatic carboxylic acids is 1. The standard InChI is InChI=1S/C25H20Cl2N4O6/c26-14-3-5-18-12(8-14)10-16(23(32)33)21(29-18)28-7-1-2-20(25(36)37)31-22-17(24(34)35)11-13-9-15(27)4-6-19(13)30-22/h3-6,8-11,20H,1-2,7H2,(H,28,29)(H,30,31)(H,32,33)(H,34,35)(H,36,37)/t20-/m0/s1. The monoisotopic (exact) mass is 542 g/mol. The van der Waals surface area contributed by atoms with Gasteiger partial charge >= 0.3 is 17.9 Å². The molecule has 0 radical (unpaired) electrons. The van der Waals surface area contributed by atoms with Crippen LogP contribution in [0.1, 0.15) is 33.6 Å². The van der Waals surface area contributed by atoms with Crippen LogP contribution in [0.3, 0.4) is 0 Å². The van der Waals surface area contributed by atoms with Gasteiger partial charge in [-0.15, -0.1) is 0 Å². The van der Waals surface area contributed by atoms with E-state index in [0.717, 1.165) is 0 Å². The summed E-state index contributed by atoms with van der Waals surface area (Å²) < 4.78 is 0. The molecule has 1 atom stereocenters. The first-order chi connectivity index (χ1) is 17.6. The van der Waals surface area contributed by atoms with Crippen molar-refractivity contribution in [1.29, 1.82) is 0 Å². The maximum Gasteiger partial charge on any atom is 0.339 e. The van der Waals surface area contributed by atoms with Gasteiger partial charge in [-0.1, -0.05) is 23.2 Å². The highest BCUT2D eigenvalue weighted by molar-refractivity contribution is 6.31. The molecule has 10 nitrogen and oxygen atoms in total. The minimum Gasteiger partial charge on any atom is -0.480 e. The summed E-state index contributed by atoms with van der Waals surface area (Å²) in [5, 5.41) is 36.5. The highest BCUT2D eigenvalue weighted by Gasteiger charge is 2.22. The number of aromatic nitrogens is 2. The molecule has 4 rings (SSSR count). The fourth-order valence-corrected chi connectivity index (χ4v) is 4.16. The number of halogens is 2. The lowest BCUT2D eigenvalue weighted by atomic mass is 10.1. The van der Waals surface area contributed by atoms with Crippen molar-refractivity contribution in [3.8, 4) is 0 Å². The fraction of sp³-hybridized carbons (Fsp3) is 0.160. The third kappa shape index (κ3) is 5.99. The molecule has 0 amide bonds. The zero-order valence-corrected chi connectivity index (χ0v) is 20.5. The van der Waals surface area contributed by atoms with Crippen LogP contribution in [-0.2, 0) is 4.79 Å². The van der Waals surface area contributed by atoms with Crippen molar-refractivity contribution in [1.82, 2.24) is 9.97 Å². The average molecular weight is 543 g/mol. The molecule has 0 aliphatic carbocycles. The molecule has 2 aromatic heterocycles. The molecule has 5 N–H and O–H groups in total. The SMILES string of the molecule is O=C(O)c1cc2cc(Cl)ccc2nc1NCCC[C@H](Nc1nc2ccc(Cl)cc2cc1C(=O)O)C(=O)O. The number of benzene rings is 2. The van der Waals surface area contributed by atoms with Gasteiger partial charge in [0.15, 0.2) is 0 Å². The van der Waals surface area contributed by atoms with Gasteiger partial charge in [-0.2, -0.15) is 0 Å². The van der Waals surface area contributed by atoms with Gasteiger partial charge < -0.3 is 26.0 Å². The van der Waals surface area contributed by atoms with Gasteiger partial charge in [-0.05, 0) is 61.4 Å². The fourth-order valence-electron chi connectivity index (χ4n) is 3.80. The van der Waals surface area contributed by atoms with Crippen molar-refractivity contribution < 1.29 is 29.7 Å². The summed E-state index contributed by atoms with van der Waals surface area (Å²) >= 11 is 12.0. The largest absolute Gasteiger partial charge is 0.480 e. The van der Waals surface area contributed by atoms with Crippen LogP contribution in [0.25, 0.3) is 21.8 Å². The van der Waals surface area contributed by atoms with Crippen molar-refractivity contribution >= 4 is 74.6 Å². The lowest BCUT2D eigenvalue weighted by Gasteiger charge is -2.17. The zero-order valence-electron chi connectivity index (χ0n) is 19.0. The Morgan fingerprint density at radius 3 is 1.81 bits per heavy atom. The maximum absolute atomic E-state index is 11.9. The zero-order chi connectivity index (χ0) is 26.7. The predicted octanol–water partition coefficient (Wildman–Crippen LogP) is 5.24. The number of nitrogens with zero attached hydrogens (tertiary/aromatic N) is 2. The van der Waals surface area contributed by atoms with E-state index >= 15 is 0 Å². The van der Waals surface area contributed by atoms with Crippen molar-refractivity contribution in [3.05, 3.63) is 69.7 Å². The molecule has 0 saturated heterocycles. The second kappa shape index (κ2) is 10.9. The number of carboxylic acid groups (broad SMARTS) is 3. The second-order valence-electron chi connectivity index (χ2n) is 8.16. The molecular weight excluding hydrogens is 523 g/mol. The van der Waals surface area contributed by atoms with E-state index in [9.17, 15) is 29.7 Å². The number of carbonyl (C=O) groups is 3. The summed E-state index contributed by atoms with van der Waals surface area (Å²) in [5.41, 5.74) is 0.763.